The zero-order chi connectivity index (χ0) is 24.6. The highest BCUT2D eigenvalue weighted by molar-refractivity contribution is 6.99. The summed E-state index contributed by atoms with van der Waals surface area (Å²) in [6, 6.07) is 21.2. The molecule has 0 aromatic heterocycles. The van der Waals surface area contributed by atoms with Crippen LogP contribution in [-0.4, -0.2) is 51.4 Å². The van der Waals surface area contributed by atoms with Crippen molar-refractivity contribution in [3.05, 3.63) is 73.3 Å². The van der Waals surface area contributed by atoms with E-state index in [1.807, 2.05) is 32.9 Å². The van der Waals surface area contributed by atoms with Gasteiger partial charge in [0.25, 0.3) is 8.32 Å². The largest absolute Gasteiger partial charge is 0.396 e. The molecule has 0 unspecified atom stereocenters. The summed E-state index contributed by atoms with van der Waals surface area (Å²) in [6.45, 7) is 16.9. The minimum Gasteiger partial charge on any atom is -0.396 e. The summed E-state index contributed by atoms with van der Waals surface area (Å²) in [6.07, 6.45) is -0.115. The molecule has 2 saturated heterocycles. The van der Waals surface area contributed by atoms with Crippen LogP contribution in [0.5, 0.6) is 0 Å². The second-order valence-corrected chi connectivity index (χ2v) is 14.9. The van der Waals surface area contributed by atoms with E-state index in [9.17, 15) is 0 Å². The van der Waals surface area contributed by atoms with Gasteiger partial charge in [0, 0.05) is 0 Å². The molecular weight excluding hydrogens is 444 g/mol. The Bertz CT molecular complexity index is 916. The van der Waals surface area contributed by atoms with Gasteiger partial charge in [-0.1, -0.05) is 87.5 Å². The van der Waals surface area contributed by atoms with Crippen molar-refractivity contribution in [2.24, 2.45) is 0 Å². The molecule has 2 fully saturated rings. The first-order valence-electron chi connectivity index (χ1n) is 12.1. The highest BCUT2D eigenvalue weighted by atomic mass is 28.4. The molecule has 5 atom stereocenters. The normalized spacial score (nSPS) is 28.9. The average Bonchev–Trinajstić information content (AvgIpc) is 3.13. The van der Waals surface area contributed by atoms with Crippen molar-refractivity contribution in [1.82, 2.24) is 0 Å². The van der Waals surface area contributed by atoms with Gasteiger partial charge in [0.15, 0.2) is 12.1 Å². The lowest BCUT2D eigenvalue weighted by Crippen LogP contribution is -2.71. The smallest absolute Gasteiger partial charge is 0.261 e. The van der Waals surface area contributed by atoms with Gasteiger partial charge in [-0.2, -0.15) is 0 Å². The van der Waals surface area contributed by atoms with E-state index in [1.165, 1.54) is 10.4 Å². The maximum atomic E-state index is 7.43. The van der Waals surface area contributed by atoms with Gasteiger partial charge in [-0.25, -0.2) is 0 Å². The van der Waals surface area contributed by atoms with Crippen LogP contribution in [-0.2, 0) is 23.4 Å². The number of rotatable bonds is 7. The lowest BCUT2D eigenvalue weighted by atomic mass is 10.0. The van der Waals surface area contributed by atoms with E-state index in [-0.39, 0.29) is 23.4 Å². The van der Waals surface area contributed by atoms with Gasteiger partial charge in [-0.15, -0.1) is 6.58 Å². The summed E-state index contributed by atoms with van der Waals surface area (Å²) < 4.78 is 32.7. The van der Waals surface area contributed by atoms with Crippen LogP contribution in [0.15, 0.2) is 73.3 Å². The Hall–Kier alpha value is -1.80. The van der Waals surface area contributed by atoms with Crippen molar-refractivity contribution in [3.63, 3.8) is 0 Å². The Morgan fingerprint density at radius 1 is 0.941 bits per heavy atom. The molecule has 0 saturated carbocycles. The van der Waals surface area contributed by atoms with Gasteiger partial charge < -0.3 is 23.4 Å². The van der Waals surface area contributed by atoms with Crippen LogP contribution < -0.4 is 10.4 Å². The highest BCUT2D eigenvalue weighted by Crippen LogP contribution is 2.43. The molecule has 5 nitrogen and oxygen atoms in total. The first kappa shape index (κ1) is 25.3. The molecule has 0 bridgehead atoms. The molecular formula is C28H38O5Si. The number of ether oxygens (including phenoxy) is 4. The van der Waals surface area contributed by atoms with Crippen molar-refractivity contribution in [2.75, 3.05) is 6.61 Å². The topological polar surface area (TPSA) is 46.2 Å². The molecule has 184 valence electrons. The Labute approximate surface area is 205 Å². The monoisotopic (exact) mass is 482 g/mol. The van der Waals surface area contributed by atoms with Gasteiger partial charge in [0.1, 0.15) is 18.3 Å². The van der Waals surface area contributed by atoms with Crippen LogP contribution in [0.3, 0.4) is 0 Å². The van der Waals surface area contributed by atoms with Gasteiger partial charge in [-0.05, 0) is 36.2 Å². The highest BCUT2D eigenvalue weighted by Gasteiger charge is 2.60. The summed E-state index contributed by atoms with van der Waals surface area (Å²) in [5.74, 6) is -0.729. The Balaban J connectivity index is 1.86. The first-order valence-corrected chi connectivity index (χ1v) is 14.0. The quantitative estimate of drug-likeness (QED) is 0.432. The number of hydrogen-bond donors (Lipinski definition) is 0. The molecule has 2 aliphatic heterocycles. The van der Waals surface area contributed by atoms with E-state index in [2.05, 4.69) is 75.9 Å². The van der Waals surface area contributed by atoms with Crippen molar-refractivity contribution < 1.29 is 23.4 Å². The molecule has 2 aliphatic rings. The van der Waals surface area contributed by atoms with E-state index in [1.54, 1.807) is 6.08 Å². The van der Waals surface area contributed by atoms with Crippen LogP contribution in [0.1, 0.15) is 41.5 Å². The van der Waals surface area contributed by atoms with E-state index in [4.69, 9.17) is 23.4 Å². The van der Waals surface area contributed by atoms with Crippen molar-refractivity contribution in [3.8, 4) is 0 Å². The van der Waals surface area contributed by atoms with Crippen LogP contribution in [0.4, 0.5) is 0 Å². The van der Waals surface area contributed by atoms with E-state index in [0.717, 1.165) is 0 Å². The molecule has 0 amide bonds. The predicted molar refractivity (Wildman–Crippen MR) is 137 cm³/mol. The molecule has 0 spiro atoms. The van der Waals surface area contributed by atoms with E-state index in [0.29, 0.717) is 6.61 Å². The molecule has 34 heavy (non-hydrogen) atoms. The third-order valence-electron chi connectivity index (χ3n) is 6.68. The number of hydrogen-bond acceptors (Lipinski definition) is 5. The van der Waals surface area contributed by atoms with Gasteiger partial charge in [0.2, 0.25) is 0 Å². The third kappa shape index (κ3) is 4.68. The zero-order valence-corrected chi connectivity index (χ0v) is 22.2. The molecule has 2 heterocycles. The fourth-order valence-corrected chi connectivity index (χ4v) is 9.94. The van der Waals surface area contributed by atoms with Crippen LogP contribution >= 0.6 is 0 Å². The standard InChI is InChI=1S/C28H38O5Si/c1-8-19-29-26-25(24-23(20(2)30-26)31-28(6,7)32-24)33-34(27(3,4)5,21-15-11-9-12-16-21)22-17-13-10-14-18-22/h8-18,20,23-26H,1,19H2,2-7H3/t20-,23+,24+,25-,26+/m0/s1. The average molecular weight is 483 g/mol. The minimum absolute atomic E-state index is 0.188. The van der Waals surface area contributed by atoms with E-state index >= 15 is 0 Å². The Kier molecular flexibility index (Phi) is 7.21. The molecule has 0 aliphatic carbocycles. The summed E-state index contributed by atoms with van der Waals surface area (Å²) in [7, 11) is -2.87. The SMILES string of the molecule is C=CCO[C@@H]1O[C@@H](C)[C@H]2OC(C)(C)O[C@H]2[C@@H]1O[Si](c1ccccc1)(c1ccccc1)C(C)(C)C. The molecule has 6 heteroatoms. The number of fused-ring (bicyclic) bond motifs is 1. The number of benzene rings is 2. The van der Waals surface area contributed by atoms with Gasteiger partial charge in [-0.3, -0.25) is 0 Å². The molecule has 2 aromatic carbocycles. The predicted octanol–water partition coefficient (Wildman–Crippen LogP) is 4.40. The Morgan fingerprint density at radius 3 is 1.97 bits per heavy atom. The maximum absolute atomic E-state index is 7.43. The second-order valence-electron chi connectivity index (χ2n) is 10.6. The summed E-state index contributed by atoms with van der Waals surface area (Å²) in [5.41, 5.74) is 0. The van der Waals surface area contributed by atoms with E-state index < -0.39 is 26.5 Å². The summed E-state index contributed by atoms with van der Waals surface area (Å²) in [5, 5.41) is 2.21. The lowest BCUT2D eigenvalue weighted by Gasteiger charge is -2.49. The fourth-order valence-electron chi connectivity index (χ4n) is 5.27. The van der Waals surface area contributed by atoms with Crippen LogP contribution in [0.2, 0.25) is 5.04 Å². The zero-order valence-electron chi connectivity index (χ0n) is 21.2. The lowest BCUT2D eigenvalue weighted by molar-refractivity contribution is -0.266. The molecule has 0 N–H and O–H groups in total. The van der Waals surface area contributed by atoms with Crippen molar-refractivity contribution in [1.29, 1.82) is 0 Å². The summed E-state index contributed by atoms with van der Waals surface area (Å²) in [4.78, 5) is 0. The van der Waals surface area contributed by atoms with Gasteiger partial charge >= 0.3 is 0 Å². The Morgan fingerprint density at radius 2 is 1.47 bits per heavy atom. The van der Waals surface area contributed by atoms with Crippen molar-refractivity contribution in [2.45, 2.75) is 83.1 Å². The minimum atomic E-state index is -2.87. The maximum Gasteiger partial charge on any atom is 0.261 e. The van der Waals surface area contributed by atoms with Crippen molar-refractivity contribution >= 4 is 18.7 Å². The fraction of sp³-hybridized carbons (Fsp3) is 0.500. The molecule has 2 aromatic rings. The summed E-state index contributed by atoms with van der Waals surface area (Å²) >= 11 is 0. The molecule has 0 radical (unpaired) electrons. The van der Waals surface area contributed by atoms with Crippen LogP contribution in [0, 0.1) is 0 Å². The molecule has 4 rings (SSSR count). The van der Waals surface area contributed by atoms with Crippen LogP contribution in [0.25, 0.3) is 0 Å². The first-order chi connectivity index (χ1) is 16.1. The second kappa shape index (κ2) is 9.68. The third-order valence-corrected chi connectivity index (χ3v) is 11.7. The van der Waals surface area contributed by atoms with Gasteiger partial charge in [0.05, 0.1) is 12.7 Å².